The van der Waals surface area contributed by atoms with Gasteiger partial charge in [0.2, 0.25) is 0 Å². The van der Waals surface area contributed by atoms with Gasteiger partial charge >= 0.3 is 0 Å². The van der Waals surface area contributed by atoms with Gasteiger partial charge in [-0.3, -0.25) is 9.52 Å². The highest BCUT2D eigenvalue weighted by atomic mass is 35.5. The lowest BCUT2D eigenvalue weighted by Gasteiger charge is -2.13. The number of carbonyl (C=O) groups is 1. The van der Waals surface area contributed by atoms with E-state index in [2.05, 4.69) is 9.71 Å². The fraction of sp³-hybridized carbons (Fsp3) is 0.333. The molecule has 1 aliphatic heterocycles. The topological polar surface area (TPSA) is 84.3 Å². The third-order valence-corrected chi connectivity index (χ3v) is 8.06. The van der Waals surface area contributed by atoms with E-state index in [-0.39, 0.29) is 10.8 Å². The minimum Gasteiger partial charge on any atom is -0.347 e. The van der Waals surface area contributed by atoms with E-state index in [1.807, 2.05) is 11.8 Å². The van der Waals surface area contributed by atoms with Gasteiger partial charge in [0.1, 0.15) is 14.8 Å². The Labute approximate surface area is 190 Å². The average Bonchev–Trinajstić information content (AvgIpc) is 3.43. The lowest BCUT2D eigenvalue weighted by Crippen LogP contribution is -2.27. The van der Waals surface area contributed by atoms with Crippen LogP contribution in [-0.2, 0) is 17.1 Å². The number of carbonyl (C=O) groups excluding carboxylic acids is 1. The molecule has 164 valence electrons. The second-order valence-electron chi connectivity index (χ2n) is 7.67. The Morgan fingerprint density at radius 3 is 2.58 bits per heavy atom. The van der Waals surface area contributed by atoms with Crippen molar-refractivity contribution in [1.82, 2.24) is 14.5 Å². The summed E-state index contributed by atoms with van der Waals surface area (Å²) in [5.74, 6) is 0.000634. The van der Waals surface area contributed by atoms with E-state index in [1.165, 1.54) is 11.3 Å². The molecule has 1 N–H and O–H groups in total. The summed E-state index contributed by atoms with van der Waals surface area (Å²) in [4.78, 5) is 19.9. The fourth-order valence-corrected chi connectivity index (χ4v) is 6.13. The molecule has 0 bridgehead atoms. The van der Waals surface area contributed by atoms with Crippen LogP contribution in [0.4, 0.5) is 5.69 Å². The standard InChI is InChI=1S/C21H23ClN4O3S2/c1-13-10-15(22)6-7-17(13)24-31(28,29)16-11-18(25(3)12-16)20-23-14(2)19(30-20)21(27)26-8-4-5-9-26/h6-7,10-12,24H,4-5,8-9H2,1-3H3. The van der Waals surface area contributed by atoms with Crippen molar-refractivity contribution in [2.45, 2.75) is 31.6 Å². The number of nitrogens with zero attached hydrogens (tertiary/aromatic N) is 3. The van der Waals surface area contributed by atoms with Gasteiger partial charge in [-0.25, -0.2) is 13.4 Å². The first-order valence-electron chi connectivity index (χ1n) is 9.88. The van der Waals surface area contributed by atoms with Gasteiger partial charge in [-0.2, -0.15) is 0 Å². The molecule has 1 aliphatic rings. The zero-order chi connectivity index (χ0) is 22.3. The van der Waals surface area contributed by atoms with Crippen LogP contribution in [0.3, 0.4) is 0 Å². The Morgan fingerprint density at radius 2 is 1.90 bits per heavy atom. The number of thiazole rings is 1. The first kappa shape index (κ1) is 21.9. The first-order valence-corrected chi connectivity index (χ1v) is 12.6. The minimum absolute atomic E-state index is 0.000634. The van der Waals surface area contributed by atoms with Gasteiger partial charge in [-0.1, -0.05) is 11.6 Å². The molecular formula is C21H23ClN4O3S2. The zero-order valence-electron chi connectivity index (χ0n) is 17.5. The third-order valence-electron chi connectivity index (χ3n) is 5.33. The Hall–Kier alpha value is -2.36. The molecule has 1 amide bonds. The van der Waals surface area contributed by atoms with E-state index in [4.69, 9.17) is 11.6 Å². The van der Waals surface area contributed by atoms with Crippen LogP contribution in [0, 0.1) is 13.8 Å². The Morgan fingerprint density at radius 1 is 1.19 bits per heavy atom. The van der Waals surface area contributed by atoms with E-state index < -0.39 is 10.0 Å². The van der Waals surface area contributed by atoms with Crippen LogP contribution in [0.25, 0.3) is 10.7 Å². The van der Waals surface area contributed by atoms with Crippen molar-refractivity contribution in [1.29, 1.82) is 0 Å². The molecule has 1 fully saturated rings. The Balaban J connectivity index is 1.63. The molecule has 0 aliphatic carbocycles. The molecule has 0 unspecified atom stereocenters. The summed E-state index contributed by atoms with van der Waals surface area (Å²) in [6, 6.07) is 6.56. The smallest absolute Gasteiger partial charge is 0.265 e. The van der Waals surface area contributed by atoms with Crippen molar-refractivity contribution in [3.63, 3.8) is 0 Å². The maximum atomic E-state index is 13.0. The summed E-state index contributed by atoms with van der Waals surface area (Å²) in [5, 5.41) is 1.16. The molecule has 0 saturated carbocycles. The fourth-order valence-electron chi connectivity index (χ4n) is 3.61. The van der Waals surface area contributed by atoms with Crippen LogP contribution in [0.1, 0.15) is 33.8 Å². The summed E-state index contributed by atoms with van der Waals surface area (Å²) in [7, 11) is -2.04. The van der Waals surface area contributed by atoms with Crippen LogP contribution in [0.5, 0.6) is 0 Å². The van der Waals surface area contributed by atoms with Crippen LogP contribution < -0.4 is 4.72 Å². The number of hydrogen-bond donors (Lipinski definition) is 1. The van der Waals surface area contributed by atoms with E-state index in [0.717, 1.165) is 31.5 Å². The molecule has 0 spiro atoms. The monoisotopic (exact) mass is 478 g/mol. The van der Waals surface area contributed by atoms with E-state index in [9.17, 15) is 13.2 Å². The van der Waals surface area contributed by atoms with Crippen molar-refractivity contribution in [3.05, 3.63) is 51.6 Å². The highest BCUT2D eigenvalue weighted by Gasteiger charge is 2.26. The third kappa shape index (κ3) is 4.35. The normalized spacial score (nSPS) is 14.3. The minimum atomic E-state index is -3.80. The number of rotatable bonds is 5. The largest absolute Gasteiger partial charge is 0.347 e. The average molecular weight is 479 g/mol. The van der Waals surface area contributed by atoms with Crippen LogP contribution >= 0.6 is 22.9 Å². The number of sulfonamides is 1. The number of aryl methyl sites for hydroxylation is 3. The molecule has 2 aromatic heterocycles. The first-order chi connectivity index (χ1) is 14.7. The number of nitrogens with one attached hydrogen (secondary N) is 1. The molecule has 1 saturated heterocycles. The molecule has 1 aromatic carbocycles. The second kappa shape index (κ2) is 8.29. The van der Waals surface area contributed by atoms with Crippen molar-refractivity contribution >= 4 is 44.6 Å². The molecular weight excluding hydrogens is 456 g/mol. The van der Waals surface area contributed by atoms with E-state index >= 15 is 0 Å². The zero-order valence-corrected chi connectivity index (χ0v) is 19.9. The molecule has 0 radical (unpaired) electrons. The highest BCUT2D eigenvalue weighted by Crippen LogP contribution is 2.32. The highest BCUT2D eigenvalue weighted by molar-refractivity contribution is 7.92. The molecule has 3 heterocycles. The van der Waals surface area contributed by atoms with Gasteiger partial charge < -0.3 is 9.47 Å². The lowest BCUT2D eigenvalue weighted by atomic mass is 10.2. The van der Waals surface area contributed by atoms with Crippen molar-refractivity contribution < 1.29 is 13.2 Å². The van der Waals surface area contributed by atoms with Gasteiger partial charge in [0.05, 0.1) is 17.1 Å². The van der Waals surface area contributed by atoms with Gasteiger partial charge in [0.15, 0.2) is 0 Å². The van der Waals surface area contributed by atoms with Gasteiger partial charge in [0, 0.05) is 31.4 Å². The number of anilines is 1. The number of aromatic nitrogens is 2. The Bertz CT molecular complexity index is 1260. The molecule has 10 heteroatoms. The summed E-state index contributed by atoms with van der Waals surface area (Å²) in [6.07, 6.45) is 3.59. The second-order valence-corrected chi connectivity index (χ2v) is 10.8. The number of likely N-dealkylation sites (tertiary alicyclic amines) is 1. The number of halogens is 1. The number of hydrogen-bond acceptors (Lipinski definition) is 5. The predicted molar refractivity (Wildman–Crippen MR) is 123 cm³/mol. The SMILES string of the molecule is Cc1cc(Cl)ccc1NS(=O)(=O)c1cc(-c2nc(C)c(C(=O)N3CCCC3)s2)n(C)c1. The number of amides is 1. The molecule has 0 atom stereocenters. The van der Waals surface area contributed by atoms with Crippen LogP contribution in [0.15, 0.2) is 35.4 Å². The van der Waals surface area contributed by atoms with E-state index in [0.29, 0.717) is 32.0 Å². The molecule has 3 aromatic rings. The van der Waals surface area contributed by atoms with Crippen LogP contribution in [-0.4, -0.2) is 41.9 Å². The van der Waals surface area contributed by atoms with Crippen LogP contribution in [0.2, 0.25) is 5.02 Å². The van der Waals surface area contributed by atoms with Crippen molar-refractivity contribution in [2.75, 3.05) is 17.8 Å². The van der Waals surface area contributed by atoms with Gasteiger partial charge in [-0.15, -0.1) is 11.3 Å². The quantitative estimate of drug-likeness (QED) is 0.586. The summed E-state index contributed by atoms with van der Waals surface area (Å²) in [5.41, 5.74) is 2.51. The number of benzene rings is 1. The summed E-state index contributed by atoms with van der Waals surface area (Å²) in [6.45, 7) is 5.15. The summed E-state index contributed by atoms with van der Waals surface area (Å²) < 4.78 is 30.2. The Kier molecular flexibility index (Phi) is 5.85. The molecule has 31 heavy (non-hydrogen) atoms. The maximum absolute atomic E-state index is 13.0. The summed E-state index contributed by atoms with van der Waals surface area (Å²) >= 11 is 7.26. The van der Waals surface area contributed by atoms with E-state index in [1.54, 1.807) is 49.0 Å². The molecule has 4 rings (SSSR count). The van der Waals surface area contributed by atoms with Gasteiger partial charge in [-0.05, 0) is 56.5 Å². The van der Waals surface area contributed by atoms with Crippen molar-refractivity contribution in [2.24, 2.45) is 7.05 Å². The van der Waals surface area contributed by atoms with Gasteiger partial charge in [0.25, 0.3) is 15.9 Å². The predicted octanol–water partition coefficient (Wildman–Crippen LogP) is 4.46. The molecule has 7 nitrogen and oxygen atoms in total. The lowest BCUT2D eigenvalue weighted by molar-refractivity contribution is 0.0796. The van der Waals surface area contributed by atoms with Crippen molar-refractivity contribution in [3.8, 4) is 10.7 Å². The maximum Gasteiger partial charge on any atom is 0.265 e.